The van der Waals surface area contributed by atoms with Gasteiger partial charge in [-0.15, -0.1) is 0 Å². The molecule has 0 N–H and O–H groups in total. The van der Waals surface area contributed by atoms with Crippen molar-refractivity contribution in [2.45, 2.75) is 57.5 Å². The monoisotopic (exact) mass is 221 g/mol. The molecule has 2 nitrogen and oxygen atoms in total. The molecule has 0 aromatic rings. The van der Waals surface area contributed by atoms with Crippen molar-refractivity contribution in [2.75, 3.05) is 0 Å². The van der Waals surface area contributed by atoms with E-state index in [1.807, 2.05) is 0 Å². The Morgan fingerprint density at radius 3 is 2.12 bits per heavy atom. The molecular weight excluding hydrogens is 200 g/mol. The fourth-order valence-electron chi connectivity index (χ4n) is 5.08. The molecule has 16 heavy (non-hydrogen) atoms. The summed E-state index contributed by atoms with van der Waals surface area (Å²) in [6, 6.07) is 0. The van der Waals surface area contributed by atoms with Gasteiger partial charge in [-0.05, 0) is 62.2 Å². The Bertz CT molecular complexity index is 256. The smallest absolute Gasteiger partial charge is 0.418 e. The summed E-state index contributed by atoms with van der Waals surface area (Å²) in [7, 11) is 0. The van der Waals surface area contributed by atoms with Gasteiger partial charge >= 0.3 is 6.47 Å². The first kappa shape index (κ1) is 10.6. The van der Waals surface area contributed by atoms with E-state index in [-0.39, 0.29) is 5.60 Å². The Kier molecular flexibility index (Phi) is 2.49. The van der Waals surface area contributed by atoms with Crippen LogP contribution in [0.15, 0.2) is 0 Å². The molecule has 0 spiro atoms. The van der Waals surface area contributed by atoms with Crippen LogP contribution >= 0.6 is 0 Å². The van der Waals surface area contributed by atoms with Crippen molar-refractivity contribution in [1.82, 2.24) is 0 Å². The topological polar surface area (TPSA) is 26.3 Å². The summed E-state index contributed by atoms with van der Waals surface area (Å²) in [5.74, 6) is 3.15. The lowest BCUT2D eigenvalue weighted by atomic mass is 9.49. The normalized spacial score (nSPS) is 49.3. The quantitative estimate of drug-likeness (QED) is 0.729. The van der Waals surface area contributed by atoms with E-state index in [1.54, 1.807) is 6.47 Å². The van der Waals surface area contributed by atoms with Gasteiger partial charge in [0.15, 0.2) is 0 Å². The maximum Gasteiger partial charge on any atom is 0.418 e. The van der Waals surface area contributed by atoms with E-state index >= 15 is 0 Å². The summed E-state index contributed by atoms with van der Waals surface area (Å²) in [5, 5.41) is 0. The molecule has 0 saturated heterocycles. The average molecular weight is 221 g/mol. The average Bonchev–Trinajstić information content (AvgIpc) is 2.25. The lowest BCUT2D eigenvalue weighted by Gasteiger charge is -2.59. The predicted octanol–water partition coefficient (Wildman–Crippen LogP) is 3.07. The Hall–Kier alpha value is -0.530. The van der Waals surface area contributed by atoms with Gasteiger partial charge in [0.1, 0.15) is 5.60 Å². The van der Waals surface area contributed by atoms with Crippen LogP contribution in [0, 0.1) is 23.7 Å². The van der Waals surface area contributed by atoms with E-state index in [4.69, 9.17) is 4.74 Å². The second-order valence-electron chi connectivity index (χ2n) is 6.19. The third-order valence-electron chi connectivity index (χ3n) is 5.39. The Balaban J connectivity index is 1.89. The van der Waals surface area contributed by atoms with E-state index in [0.717, 1.165) is 24.7 Å². The zero-order chi connectivity index (χ0) is 11.2. The highest BCUT2D eigenvalue weighted by Crippen LogP contribution is 2.60. The van der Waals surface area contributed by atoms with Crippen molar-refractivity contribution in [3.63, 3.8) is 0 Å². The largest absolute Gasteiger partial charge is 0.450 e. The van der Waals surface area contributed by atoms with Crippen LogP contribution in [0.1, 0.15) is 51.9 Å². The van der Waals surface area contributed by atoms with E-state index in [9.17, 15) is 4.79 Å². The fourth-order valence-corrected chi connectivity index (χ4v) is 5.08. The van der Waals surface area contributed by atoms with Gasteiger partial charge in [-0.25, -0.2) is 4.79 Å². The van der Waals surface area contributed by atoms with Gasteiger partial charge in [-0.3, -0.25) is 0 Å². The molecule has 1 radical (unpaired) electrons. The molecule has 2 heteroatoms. The molecule has 0 aromatic heterocycles. The van der Waals surface area contributed by atoms with Gasteiger partial charge in [-0.1, -0.05) is 13.3 Å². The minimum Gasteiger partial charge on any atom is -0.450 e. The highest BCUT2D eigenvalue weighted by molar-refractivity contribution is 5.40. The van der Waals surface area contributed by atoms with Gasteiger partial charge in [-0.2, -0.15) is 0 Å². The Morgan fingerprint density at radius 2 is 1.69 bits per heavy atom. The molecule has 4 bridgehead atoms. The van der Waals surface area contributed by atoms with Crippen molar-refractivity contribution >= 4 is 6.47 Å². The molecule has 0 atom stereocenters. The molecule has 4 aliphatic carbocycles. The van der Waals surface area contributed by atoms with Gasteiger partial charge in [0.2, 0.25) is 0 Å². The minimum absolute atomic E-state index is 0.121. The Labute approximate surface area is 97.7 Å². The first-order valence-electron chi connectivity index (χ1n) is 6.83. The van der Waals surface area contributed by atoms with Crippen molar-refractivity contribution in [1.29, 1.82) is 0 Å². The molecule has 0 heterocycles. The number of hydrogen-bond donors (Lipinski definition) is 0. The van der Waals surface area contributed by atoms with E-state index in [2.05, 4.69) is 6.92 Å². The van der Waals surface area contributed by atoms with Crippen LogP contribution in [0.5, 0.6) is 0 Å². The van der Waals surface area contributed by atoms with Crippen LogP contribution < -0.4 is 0 Å². The summed E-state index contributed by atoms with van der Waals surface area (Å²) in [5.41, 5.74) is -0.121. The standard InChI is InChI=1S/C14H21O2/c1-2-3-14(16-9-15)12-5-10-4-11(7-12)8-13(14)6-10/h10-13H,2-8H2,1H3. The number of hydrogen-bond acceptors (Lipinski definition) is 2. The van der Waals surface area contributed by atoms with E-state index < -0.39 is 0 Å². The molecule has 4 rings (SSSR count). The number of carbonyl (C=O) groups excluding carboxylic acids is 1. The van der Waals surface area contributed by atoms with Crippen molar-refractivity contribution in [2.24, 2.45) is 23.7 Å². The molecule has 0 amide bonds. The second-order valence-corrected chi connectivity index (χ2v) is 6.19. The lowest BCUT2D eigenvalue weighted by molar-refractivity contribution is -0.167. The summed E-state index contributed by atoms with van der Waals surface area (Å²) in [6.07, 6.45) is 8.81. The first-order chi connectivity index (χ1) is 7.78. The highest BCUT2D eigenvalue weighted by Gasteiger charge is 2.58. The molecule has 0 aromatic carbocycles. The number of ether oxygens (including phenoxy) is 1. The fraction of sp³-hybridized carbons (Fsp3) is 0.929. The van der Waals surface area contributed by atoms with Gasteiger partial charge < -0.3 is 4.74 Å². The minimum atomic E-state index is -0.121. The van der Waals surface area contributed by atoms with Crippen LogP contribution in [-0.4, -0.2) is 12.1 Å². The van der Waals surface area contributed by atoms with Crippen LogP contribution in [-0.2, 0) is 9.53 Å². The second kappa shape index (κ2) is 3.75. The third-order valence-corrected chi connectivity index (χ3v) is 5.39. The van der Waals surface area contributed by atoms with E-state index in [1.165, 1.54) is 32.1 Å². The van der Waals surface area contributed by atoms with E-state index in [0.29, 0.717) is 11.8 Å². The summed E-state index contributed by atoms with van der Waals surface area (Å²) in [4.78, 5) is 10.7. The predicted molar refractivity (Wildman–Crippen MR) is 61.5 cm³/mol. The third kappa shape index (κ3) is 1.34. The zero-order valence-corrected chi connectivity index (χ0v) is 10.1. The van der Waals surface area contributed by atoms with Gasteiger partial charge in [0.05, 0.1) is 0 Å². The maximum atomic E-state index is 10.7. The van der Waals surface area contributed by atoms with Crippen molar-refractivity contribution in [3.05, 3.63) is 0 Å². The SMILES string of the molecule is CCCC1(O[C]=O)C2CC3CC(C2)CC1C3. The summed E-state index contributed by atoms with van der Waals surface area (Å²) in [6.45, 7) is 3.97. The maximum absolute atomic E-state index is 10.7. The molecule has 0 aliphatic heterocycles. The number of rotatable bonds is 4. The molecular formula is C14H21O2. The van der Waals surface area contributed by atoms with Crippen LogP contribution in [0.2, 0.25) is 0 Å². The Morgan fingerprint density at radius 1 is 1.12 bits per heavy atom. The molecule has 89 valence electrons. The van der Waals surface area contributed by atoms with Gasteiger partial charge in [0.25, 0.3) is 0 Å². The highest BCUT2D eigenvalue weighted by atomic mass is 16.5. The van der Waals surface area contributed by atoms with Crippen LogP contribution in [0.25, 0.3) is 0 Å². The van der Waals surface area contributed by atoms with Crippen LogP contribution in [0.3, 0.4) is 0 Å². The first-order valence-corrected chi connectivity index (χ1v) is 6.83. The van der Waals surface area contributed by atoms with Crippen molar-refractivity contribution in [3.8, 4) is 0 Å². The molecule has 4 aliphatic rings. The van der Waals surface area contributed by atoms with Crippen molar-refractivity contribution < 1.29 is 9.53 Å². The molecule has 4 saturated carbocycles. The summed E-state index contributed by atoms with van der Waals surface area (Å²) < 4.78 is 5.54. The zero-order valence-electron chi connectivity index (χ0n) is 10.1. The molecule has 4 fully saturated rings. The van der Waals surface area contributed by atoms with Gasteiger partial charge in [0, 0.05) is 0 Å². The summed E-state index contributed by atoms with van der Waals surface area (Å²) >= 11 is 0. The molecule has 0 unspecified atom stereocenters. The van der Waals surface area contributed by atoms with Crippen LogP contribution in [0.4, 0.5) is 0 Å². The lowest BCUT2D eigenvalue weighted by Crippen LogP contribution is -2.58.